The Hall–Kier alpha value is -2.28. The first-order chi connectivity index (χ1) is 11.5. The number of carbonyl (C=O) groups is 1. The van der Waals surface area contributed by atoms with E-state index < -0.39 is 5.91 Å². The maximum absolute atomic E-state index is 12.5. The van der Waals surface area contributed by atoms with Gasteiger partial charge in [-0.2, -0.15) is 5.10 Å². The molecule has 0 radical (unpaired) electrons. The van der Waals surface area contributed by atoms with Crippen molar-refractivity contribution in [1.29, 1.82) is 0 Å². The first kappa shape index (κ1) is 18.1. The lowest BCUT2D eigenvalue weighted by atomic mass is 10.1. The number of nitrogens with zero attached hydrogens (tertiary/aromatic N) is 2. The van der Waals surface area contributed by atoms with E-state index >= 15 is 0 Å². The highest BCUT2D eigenvalue weighted by molar-refractivity contribution is 7.97. The fourth-order valence-corrected chi connectivity index (χ4v) is 2.52. The van der Waals surface area contributed by atoms with Crippen molar-refractivity contribution >= 4 is 17.9 Å². The molecule has 1 N–H and O–H groups in total. The molecule has 0 unspecified atom stereocenters. The van der Waals surface area contributed by atoms with Crippen molar-refractivity contribution in [3.8, 4) is 17.0 Å². The fourth-order valence-electron chi connectivity index (χ4n) is 2.22. The van der Waals surface area contributed by atoms with Gasteiger partial charge in [-0.25, -0.2) is 4.68 Å². The van der Waals surface area contributed by atoms with Crippen LogP contribution >= 0.6 is 11.9 Å². The van der Waals surface area contributed by atoms with E-state index in [1.807, 2.05) is 38.1 Å². The second-order valence-electron chi connectivity index (χ2n) is 5.69. The number of ether oxygens (including phenoxy) is 1. The number of hydrogen-bond acceptors (Lipinski definition) is 5. The average molecular weight is 347 g/mol. The van der Waals surface area contributed by atoms with E-state index in [4.69, 9.17) is 4.74 Å². The molecule has 1 aromatic carbocycles. The monoisotopic (exact) mass is 347 g/mol. The largest absolute Gasteiger partial charge is 0.497 e. The van der Waals surface area contributed by atoms with Crippen molar-refractivity contribution in [2.75, 3.05) is 13.4 Å². The SMILES string of the molecule is COc1ccc(-c2cc(C(=O)NSC)c(=O)n(CC(C)C)n2)cc1. The van der Waals surface area contributed by atoms with Crippen LogP contribution in [-0.2, 0) is 6.54 Å². The Kier molecular flexibility index (Phi) is 6.03. The van der Waals surface area contributed by atoms with Gasteiger partial charge in [-0.05, 0) is 36.2 Å². The van der Waals surface area contributed by atoms with Crippen molar-refractivity contribution in [3.05, 3.63) is 46.2 Å². The molecule has 0 atom stereocenters. The zero-order valence-corrected chi connectivity index (χ0v) is 15.0. The van der Waals surface area contributed by atoms with Crippen LogP contribution in [0.3, 0.4) is 0 Å². The van der Waals surface area contributed by atoms with Crippen LogP contribution in [0.15, 0.2) is 35.1 Å². The first-order valence-electron chi connectivity index (χ1n) is 7.56. The zero-order chi connectivity index (χ0) is 17.7. The van der Waals surface area contributed by atoms with E-state index in [0.29, 0.717) is 12.2 Å². The van der Waals surface area contributed by atoms with Crippen LogP contribution in [0, 0.1) is 5.92 Å². The number of rotatable bonds is 6. The minimum atomic E-state index is -0.415. The molecule has 6 nitrogen and oxygen atoms in total. The summed E-state index contributed by atoms with van der Waals surface area (Å²) in [6.45, 7) is 4.44. The normalized spacial score (nSPS) is 10.7. The summed E-state index contributed by atoms with van der Waals surface area (Å²) in [5.74, 6) is 0.551. The van der Waals surface area contributed by atoms with Gasteiger partial charge in [0.05, 0.1) is 12.8 Å². The van der Waals surface area contributed by atoms with Crippen molar-refractivity contribution in [1.82, 2.24) is 14.5 Å². The number of amides is 1. The predicted molar refractivity (Wildman–Crippen MR) is 96.3 cm³/mol. The molecule has 2 rings (SSSR count). The lowest BCUT2D eigenvalue weighted by Gasteiger charge is -2.12. The predicted octanol–water partition coefficient (Wildman–Crippen LogP) is 2.58. The Morgan fingerprint density at radius 1 is 1.33 bits per heavy atom. The van der Waals surface area contributed by atoms with Crippen LogP contribution in [0.5, 0.6) is 5.75 Å². The summed E-state index contributed by atoms with van der Waals surface area (Å²) in [4.78, 5) is 24.7. The minimum absolute atomic E-state index is 0.0887. The van der Waals surface area contributed by atoms with Gasteiger partial charge in [-0.3, -0.25) is 14.3 Å². The number of benzene rings is 1. The molecule has 7 heteroatoms. The summed E-state index contributed by atoms with van der Waals surface area (Å²) < 4.78 is 9.11. The number of carbonyl (C=O) groups excluding carboxylic acids is 1. The number of methoxy groups -OCH3 is 1. The standard InChI is InChI=1S/C17H21N3O3S/c1-11(2)10-20-17(22)14(16(21)19-24-4)9-15(18-20)12-5-7-13(23-3)8-6-12/h5-9,11H,10H2,1-4H3,(H,19,21). The van der Waals surface area contributed by atoms with Crippen LogP contribution in [0.4, 0.5) is 0 Å². The summed E-state index contributed by atoms with van der Waals surface area (Å²) in [6, 6.07) is 8.86. The van der Waals surface area contributed by atoms with Crippen molar-refractivity contribution in [2.24, 2.45) is 5.92 Å². The molecule has 1 aromatic heterocycles. The topological polar surface area (TPSA) is 73.2 Å². The summed E-state index contributed by atoms with van der Waals surface area (Å²) in [5.41, 5.74) is 1.09. The van der Waals surface area contributed by atoms with Gasteiger partial charge in [0, 0.05) is 18.4 Å². The maximum Gasteiger partial charge on any atom is 0.279 e. The van der Waals surface area contributed by atoms with Gasteiger partial charge in [0.25, 0.3) is 11.5 Å². The van der Waals surface area contributed by atoms with Gasteiger partial charge in [0.2, 0.25) is 0 Å². The molecule has 1 amide bonds. The number of aromatic nitrogens is 2. The molecule has 128 valence electrons. The van der Waals surface area contributed by atoms with E-state index in [2.05, 4.69) is 9.82 Å². The van der Waals surface area contributed by atoms with Crippen molar-refractivity contribution < 1.29 is 9.53 Å². The lowest BCUT2D eigenvalue weighted by Crippen LogP contribution is -2.33. The number of nitrogens with one attached hydrogen (secondary N) is 1. The third-order valence-electron chi connectivity index (χ3n) is 3.34. The van der Waals surface area contributed by atoms with E-state index in [-0.39, 0.29) is 17.0 Å². The summed E-state index contributed by atoms with van der Waals surface area (Å²) in [5, 5.41) is 4.42. The highest BCUT2D eigenvalue weighted by atomic mass is 32.2. The third kappa shape index (κ3) is 4.17. The molecule has 1 heterocycles. The fraction of sp³-hybridized carbons (Fsp3) is 0.353. The molecular weight excluding hydrogens is 326 g/mol. The Labute approximate surface area is 145 Å². The van der Waals surface area contributed by atoms with Gasteiger partial charge in [0.15, 0.2) is 0 Å². The van der Waals surface area contributed by atoms with Gasteiger partial charge >= 0.3 is 0 Å². The average Bonchev–Trinajstić information content (AvgIpc) is 2.56. The Bertz CT molecular complexity index is 770. The van der Waals surface area contributed by atoms with Gasteiger partial charge in [0.1, 0.15) is 11.3 Å². The third-order valence-corrected chi connectivity index (χ3v) is 3.73. The summed E-state index contributed by atoms with van der Waals surface area (Å²) >= 11 is 1.16. The molecule has 0 saturated carbocycles. The van der Waals surface area contributed by atoms with Crippen molar-refractivity contribution in [2.45, 2.75) is 20.4 Å². The second kappa shape index (κ2) is 8.01. The highest BCUT2D eigenvalue weighted by Crippen LogP contribution is 2.20. The van der Waals surface area contributed by atoms with Crippen LogP contribution in [-0.4, -0.2) is 29.1 Å². The summed E-state index contributed by atoms with van der Waals surface area (Å²) in [7, 11) is 1.60. The lowest BCUT2D eigenvalue weighted by molar-refractivity contribution is 0.0982. The smallest absolute Gasteiger partial charge is 0.279 e. The Morgan fingerprint density at radius 3 is 2.54 bits per heavy atom. The Balaban J connectivity index is 2.55. The molecular formula is C17H21N3O3S. The van der Waals surface area contributed by atoms with Crippen LogP contribution in [0.2, 0.25) is 0 Å². The molecule has 0 spiro atoms. The van der Waals surface area contributed by atoms with Crippen LogP contribution < -0.4 is 15.0 Å². The van der Waals surface area contributed by atoms with Gasteiger partial charge in [-0.15, -0.1) is 0 Å². The van der Waals surface area contributed by atoms with Crippen molar-refractivity contribution in [3.63, 3.8) is 0 Å². The zero-order valence-electron chi connectivity index (χ0n) is 14.2. The van der Waals surface area contributed by atoms with Crippen LogP contribution in [0.25, 0.3) is 11.3 Å². The molecule has 0 aliphatic carbocycles. The van der Waals surface area contributed by atoms with Gasteiger partial charge < -0.3 is 4.74 Å². The molecule has 0 aliphatic rings. The minimum Gasteiger partial charge on any atom is -0.497 e. The van der Waals surface area contributed by atoms with Gasteiger partial charge in [-0.1, -0.05) is 25.8 Å². The Morgan fingerprint density at radius 2 is 2.00 bits per heavy atom. The maximum atomic E-state index is 12.5. The molecule has 0 saturated heterocycles. The molecule has 2 aromatic rings. The quantitative estimate of drug-likeness (QED) is 0.813. The van der Waals surface area contributed by atoms with E-state index in [9.17, 15) is 9.59 Å². The molecule has 24 heavy (non-hydrogen) atoms. The highest BCUT2D eigenvalue weighted by Gasteiger charge is 2.16. The van der Waals surface area contributed by atoms with E-state index in [1.165, 1.54) is 10.7 Å². The van der Waals surface area contributed by atoms with Crippen LogP contribution in [0.1, 0.15) is 24.2 Å². The first-order valence-corrected chi connectivity index (χ1v) is 8.78. The van der Waals surface area contributed by atoms with E-state index in [1.54, 1.807) is 13.4 Å². The van der Waals surface area contributed by atoms with E-state index in [0.717, 1.165) is 23.3 Å². The molecule has 0 aliphatic heterocycles. The molecule has 0 fully saturated rings. The second-order valence-corrected chi connectivity index (χ2v) is 6.30. The summed E-state index contributed by atoms with van der Waals surface area (Å²) in [6.07, 6.45) is 1.73. The molecule has 0 bridgehead atoms. The number of hydrogen-bond donors (Lipinski definition) is 1.